The summed E-state index contributed by atoms with van der Waals surface area (Å²) >= 11 is 0. The Morgan fingerprint density at radius 3 is 2.79 bits per heavy atom. The van der Waals surface area contributed by atoms with Gasteiger partial charge in [-0.25, -0.2) is 0 Å². The van der Waals surface area contributed by atoms with Crippen molar-refractivity contribution in [2.45, 2.75) is 25.6 Å². The van der Waals surface area contributed by atoms with E-state index in [1.54, 1.807) is 6.20 Å². The maximum absolute atomic E-state index is 12.9. The van der Waals surface area contributed by atoms with Gasteiger partial charge < -0.3 is 9.80 Å². The third kappa shape index (κ3) is 5.44. The SMILES string of the molecule is CN(Cc1cccnc1)CC1CCCN(c2ccc(C(F)(F)F)cc2[N+](=O)[O-])C1. The van der Waals surface area contributed by atoms with Crippen LogP contribution >= 0.6 is 0 Å². The van der Waals surface area contributed by atoms with Gasteiger partial charge in [-0.05, 0) is 49.6 Å². The lowest BCUT2D eigenvalue weighted by atomic mass is 9.96. The van der Waals surface area contributed by atoms with Gasteiger partial charge in [0.25, 0.3) is 5.69 Å². The average molecular weight is 408 g/mol. The Balaban J connectivity index is 1.71. The summed E-state index contributed by atoms with van der Waals surface area (Å²) in [5.74, 6) is 0.271. The van der Waals surface area contributed by atoms with E-state index < -0.39 is 22.4 Å². The minimum atomic E-state index is -4.61. The summed E-state index contributed by atoms with van der Waals surface area (Å²) in [4.78, 5) is 18.8. The van der Waals surface area contributed by atoms with Crippen LogP contribution in [0.2, 0.25) is 0 Å². The Morgan fingerprint density at radius 2 is 2.14 bits per heavy atom. The number of piperidine rings is 1. The maximum Gasteiger partial charge on any atom is 0.416 e. The molecule has 1 unspecified atom stereocenters. The van der Waals surface area contributed by atoms with Crippen LogP contribution in [-0.4, -0.2) is 41.5 Å². The number of nitro benzene ring substituents is 1. The summed E-state index contributed by atoms with van der Waals surface area (Å²) in [5.41, 5.74) is -0.148. The summed E-state index contributed by atoms with van der Waals surface area (Å²) in [7, 11) is 2.01. The van der Waals surface area contributed by atoms with E-state index in [1.807, 2.05) is 30.3 Å². The third-order valence-corrected chi connectivity index (χ3v) is 5.10. The average Bonchev–Trinajstić information content (AvgIpc) is 2.67. The maximum atomic E-state index is 12.9. The number of pyridine rings is 1. The molecule has 1 saturated heterocycles. The van der Waals surface area contributed by atoms with Gasteiger partial charge in [0.05, 0.1) is 10.5 Å². The predicted octanol–water partition coefficient (Wildman–Crippen LogP) is 4.36. The van der Waals surface area contributed by atoms with E-state index in [4.69, 9.17) is 0 Å². The molecule has 29 heavy (non-hydrogen) atoms. The fourth-order valence-corrected chi connectivity index (χ4v) is 3.85. The van der Waals surface area contributed by atoms with E-state index in [0.29, 0.717) is 19.2 Å². The lowest BCUT2D eigenvalue weighted by molar-refractivity contribution is -0.384. The molecule has 0 saturated carbocycles. The Labute approximate surface area is 167 Å². The molecule has 0 bridgehead atoms. The van der Waals surface area contributed by atoms with E-state index in [0.717, 1.165) is 37.6 Å². The molecule has 3 rings (SSSR count). The summed E-state index contributed by atoms with van der Waals surface area (Å²) < 4.78 is 38.8. The molecule has 0 aliphatic carbocycles. The standard InChI is InChI=1S/C20H23F3N4O2/c1-25(12-15-4-2-8-24-11-15)13-16-5-3-9-26(14-16)18-7-6-17(20(21,22)23)10-19(18)27(28)29/h2,4,6-8,10-11,16H,3,5,9,12-14H2,1H3. The van der Waals surface area contributed by atoms with Gasteiger partial charge in [0.1, 0.15) is 5.69 Å². The number of nitro groups is 1. The number of hydrogen-bond donors (Lipinski definition) is 0. The first-order chi connectivity index (χ1) is 13.7. The second-order valence-corrected chi connectivity index (χ2v) is 7.47. The summed E-state index contributed by atoms with van der Waals surface area (Å²) in [6.45, 7) is 2.70. The highest BCUT2D eigenvalue weighted by molar-refractivity contribution is 5.65. The molecule has 9 heteroatoms. The second kappa shape index (κ2) is 8.77. The predicted molar refractivity (Wildman–Crippen MR) is 104 cm³/mol. The monoisotopic (exact) mass is 408 g/mol. The highest BCUT2D eigenvalue weighted by Gasteiger charge is 2.34. The van der Waals surface area contributed by atoms with Crippen molar-refractivity contribution < 1.29 is 18.1 Å². The van der Waals surface area contributed by atoms with Crippen LogP contribution in [0.5, 0.6) is 0 Å². The van der Waals surface area contributed by atoms with Crippen LogP contribution in [0.25, 0.3) is 0 Å². The van der Waals surface area contributed by atoms with Crippen molar-refractivity contribution in [3.05, 3.63) is 64.0 Å². The van der Waals surface area contributed by atoms with Crippen molar-refractivity contribution in [2.75, 3.05) is 31.6 Å². The van der Waals surface area contributed by atoms with Crippen LogP contribution in [0.4, 0.5) is 24.5 Å². The number of hydrogen-bond acceptors (Lipinski definition) is 5. The molecule has 6 nitrogen and oxygen atoms in total. The minimum absolute atomic E-state index is 0.252. The first-order valence-electron chi connectivity index (χ1n) is 9.42. The van der Waals surface area contributed by atoms with Crippen molar-refractivity contribution in [1.82, 2.24) is 9.88 Å². The van der Waals surface area contributed by atoms with E-state index in [9.17, 15) is 23.3 Å². The number of nitrogens with zero attached hydrogens (tertiary/aromatic N) is 4. The van der Waals surface area contributed by atoms with E-state index in [2.05, 4.69) is 9.88 Å². The van der Waals surface area contributed by atoms with Gasteiger partial charge in [-0.15, -0.1) is 0 Å². The highest BCUT2D eigenvalue weighted by atomic mass is 19.4. The molecule has 2 aromatic rings. The summed E-state index contributed by atoms with van der Waals surface area (Å²) in [5, 5.41) is 11.4. The number of halogens is 3. The lowest BCUT2D eigenvalue weighted by Crippen LogP contribution is -2.40. The first kappa shape index (κ1) is 21.0. The molecule has 1 aliphatic heterocycles. The highest BCUT2D eigenvalue weighted by Crippen LogP contribution is 2.37. The zero-order chi connectivity index (χ0) is 21.0. The summed E-state index contributed by atoms with van der Waals surface area (Å²) in [6.07, 6.45) is 0.739. The van der Waals surface area contributed by atoms with Crippen molar-refractivity contribution in [1.29, 1.82) is 0 Å². The molecule has 0 radical (unpaired) electrons. The fraction of sp³-hybridized carbons (Fsp3) is 0.450. The minimum Gasteiger partial charge on any atom is -0.366 e. The number of anilines is 1. The molecule has 156 valence electrons. The van der Waals surface area contributed by atoms with Gasteiger partial charge in [0.15, 0.2) is 0 Å². The van der Waals surface area contributed by atoms with Crippen molar-refractivity contribution in [3.63, 3.8) is 0 Å². The Kier molecular flexibility index (Phi) is 6.36. The molecular weight excluding hydrogens is 385 g/mol. The lowest BCUT2D eigenvalue weighted by Gasteiger charge is -2.36. The fourth-order valence-electron chi connectivity index (χ4n) is 3.85. The van der Waals surface area contributed by atoms with Gasteiger partial charge in [0, 0.05) is 44.6 Å². The van der Waals surface area contributed by atoms with Gasteiger partial charge in [0.2, 0.25) is 0 Å². The number of rotatable bonds is 6. The molecule has 0 spiro atoms. The molecule has 1 aromatic carbocycles. The second-order valence-electron chi connectivity index (χ2n) is 7.47. The van der Waals surface area contributed by atoms with Crippen LogP contribution < -0.4 is 4.90 Å². The zero-order valence-electron chi connectivity index (χ0n) is 16.1. The van der Waals surface area contributed by atoms with Crippen LogP contribution in [0.1, 0.15) is 24.0 Å². The molecule has 2 heterocycles. The molecule has 1 aliphatic rings. The third-order valence-electron chi connectivity index (χ3n) is 5.10. The number of aromatic nitrogens is 1. The van der Waals surface area contributed by atoms with Crippen LogP contribution in [0.3, 0.4) is 0 Å². The van der Waals surface area contributed by atoms with Crippen molar-refractivity contribution in [3.8, 4) is 0 Å². The Hall–Kier alpha value is -2.68. The smallest absolute Gasteiger partial charge is 0.366 e. The van der Waals surface area contributed by atoms with Gasteiger partial charge in [-0.2, -0.15) is 13.2 Å². The zero-order valence-corrected chi connectivity index (χ0v) is 16.1. The van der Waals surface area contributed by atoms with Crippen LogP contribution in [0, 0.1) is 16.0 Å². The van der Waals surface area contributed by atoms with Gasteiger partial charge >= 0.3 is 6.18 Å². The normalized spacial score (nSPS) is 17.6. The van der Waals surface area contributed by atoms with Crippen LogP contribution in [-0.2, 0) is 12.7 Å². The molecule has 0 N–H and O–H groups in total. The van der Waals surface area contributed by atoms with Crippen molar-refractivity contribution >= 4 is 11.4 Å². The van der Waals surface area contributed by atoms with Gasteiger partial charge in [-0.3, -0.25) is 15.1 Å². The molecule has 1 fully saturated rings. The van der Waals surface area contributed by atoms with Crippen LogP contribution in [0.15, 0.2) is 42.7 Å². The quantitative estimate of drug-likeness (QED) is 0.525. The van der Waals surface area contributed by atoms with E-state index in [1.165, 1.54) is 6.07 Å². The molecule has 1 aromatic heterocycles. The largest absolute Gasteiger partial charge is 0.416 e. The molecule has 0 amide bonds. The van der Waals surface area contributed by atoms with E-state index in [-0.39, 0.29) is 11.6 Å². The molecular formula is C20H23F3N4O2. The first-order valence-corrected chi connectivity index (χ1v) is 9.42. The van der Waals surface area contributed by atoms with Crippen molar-refractivity contribution in [2.24, 2.45) is 5.92 Å². The molecule has 1 atom stereocenters. The number of benzene rings is 1. The number of alkyl halides is 3. The Bertz CT molecular complexity index is 845. The van der Waals surface area contributed by atoms with E-state index >= 15 is 0 Å². The summed E-state index contributed by atoms with van der Waals surface area (Å²) in [6, 6.07) is 6.66. The van der Waals surface area contributed by atoms with Gasteiger partial charge in [-0.1, -0.05) is 6.07 Å². The Morgan fingerprint density at radius 1 is 1.34 bits per heavy atom. The topological polar surface area (TPSA) is 62.5 Å².